The van der Waals surface area contributed by atoms with Gasteiger partial charge in [-0.2, -0.15) is 18.3 Å². The number of hydrogen-bond donors (Lipinski definition) is 0. The van der Waals surface area contributed by atoms with Gasteiger partial charge in [0.2, 0.25) is 0 Å². The van der Waals surface area contributed by atoms with Crippen LogP contribution in [0, 0.1) is 5.92 Å². The summed E-state index contributed by atoms with van der Waals surface area (Å²) in [7, 11) is 3.01. The number of aromatic nitrogens is 2. The Kier molecular flexibility index (Phi) is 5.67. The number of nitrogens with zero attached hydrogens (tertiary/aromatic N) is 3. The third kappa shape index (κ3) is 4.46. The van der Waals surface area contributed by atoms with Gasteiger partial charge in [-0.25, -0.2) is 0 Å². The maximum absolute atomic E-state index is 12.7. The summed E-state index contributed by atoms with van der Waals surface area (Å²) >= 11 is 0. The zero-order chi connectivity index (χ0) is 17.0. The van der Waals surface area contributed by atoms with Crippen LogP contribution in [0.1, 0.15) is 41.9 Å². The highest BCUT2D eigenvalue weighted by atomic mass is 19.4. The van der Waals surface area contributed by atoms with E-state index in [0.717, 1.165) is 36.4 Å². The van der Waals surface area contributed by atoms with Gasteiger partial charge in [-0.15, -0.1) is 0 Å². The number of amides is 1. The molecule has 0 bridgehead atoms. The number of piperidine rings is 1. The predicted molar refractivity (Wildman–Crippen MR) is 77.9 cm³/mol. The molecule has 0 aliphatic carbocycles. The maximum atomic E-state index is 12.7. The molecular formula is C15H22F3N3O2. The number of likely N-dealkylation sites (tertiary alicyclic amines) is 1. The SMILES string of the molecule is COCCC[C@H]1CCCN(C(=O)c2cc(C(F)(F)F)nn2C)C1. The third-order valence-corrected chi connectivity index (χ3v) is 4.16. The predicted octanol–water partition coefficient (Wildman–Crippen LogP) is 2.72. The van der Waals surface area contributed by atoms with Crippen molar-refractivity contribution in [2.75, 3.05) is 26.8 Å². The number of carbonyl (C=O) groups excluding carboxylic acids is 1. The minimum absolute atomic E-state index is 0.0186. The fourth-order valence-electron chi connectivity index (χ4n) is 2.97. The molecule has 0 aromatic carbocycles. The Labute approximate surface area is 133 Å². The van der Waals surface area contributed by atoms with Crippen LogP contribution in [0.15, 0.2) is 6.07 Å². The zero-order valence-corrected chi connectivity index (χ0v) is 13.4. The van der Waals surface area contributed by atoms with Crippen molar-refractivity contribution < 1.29 is 22.7 Å². The molecule has 0 saturated carbocycles. The first-order chi connectivity index (χ1) is 10.8. The van der Waals surface area contributed by atoms with Crippen LogP contribution in [-0.2, 0) is 18.0 Å². The lowest BCUT2D eigenvalue weighted by atomic mass is 9.93. The molecule has 0 unspecified atom stereocenters. The van der Waals surface area contributed by atoms with E-state index in [2.05, 4.69) is 5.10 Å². The van der Waals surface area contributed by atoms with E-state index in [9.17, 15) is 18.0 Å². The quantitative estimate of drug-likeness (QED) is 0.779. The van der Waals surface area contributed by atoms with Gasteiger partial charge < -0.3 is 9.64 Å². The number of aryl methyl sites for hydroxylation is 1. The molecule has 1 atom stereocenters. The number of alkyl halides is 3. The van der Waals surface area contributed by atoms with E-state index in [1.807, 2.05) is 0 Å². The molecule has 8 heteroatoms. The van der Waals surface area contributed by atoms with Crippen LogP contribution >= 0.6 is 0 Å². The van der Waals surface area contributed by atoms with Crippen LogP contribution in [0.3, 0.4) is 0 Å². The van der Waals surface area contributed by atoms with Crippen molar-refractivity contribution in [3.8, 4) is 0 Å². The van der Waals surface area contributed by atoms with Crippen LogP contribution in [0.25, 0.3) is 0 Å². The average Bonchev–Trinajstić information content (AvgIpc) is 2.89. The van der Waals surface area contributed by atoms with Gasteiger partial charge in [0.05, 0.1) is 0 Å². The first-order valence-electron chi connectivity index (χ1n) is 7.72. The summed E-state index contributed by atoms with van der Waals surface area (Å²) in [5.41, 5.74) is -1.05. The largest absolute Gasteiger partial charge is 0.435 e. The van der Waals surface area contributed by atoms with Crippen LogP contribution in [0.2, 0.25) is 0 Å². The fraction of sp³-hybridized carbons (Fsp3) is 0.733. The second-order valence-corrected chi connectivity index (χ2v) is 5.93. The molecule has 0 spiro atoms. The first kappa shape index (κ1) is 17.8. The van der Waals surface area contributed by atoms with Gasteiger partial charge in [0.1, 0.15) is 5.69 Å². The van der Waals surface area contributed by atoms with Crippen molar-refractivity contribution in [1.82, 2.24) is 14.7 Å². The highest BCUT2D eigenvalue weighted by Gasteiger charge is 2.36. The van der Waals surface area contributed by atoms with E-state index in [-0.39, 0.29) is 11.6 Å². The van der Waals surface area contributed by atoms with Crippen molar-refractivity contribution in [2.45, 2.75) is 31.9 Å². The van der Waals surface area contributed by atoms with E-state index in [1.54, 1.807) is 12.0 Å². The lowest BCUT2D eigenvalue weighted by molar-refractivity contribution is -0.141. The molecular weight excluding hydrogens is 311 g/mol. The Balaban J connectivity index is 2.03. The van der Waals surface area contributed by atoms with Crippen molar-refractivity contribution in [2.24, 2.45) is 13.0 Å². The van der Waals surface area contributed by atoms with E-state index < -0.39 is 11.9 Å². The van der Waals surface area contributed by atoms with Crippen LogP contribution in [0.5, 0.6) is 0 Å². The standard InChI is InChI=1S/C15H22F3N3O2/c1-20-12(9-13(19-20)15(16,17)18)14(22)21-7-3-5-11(10-21)6-4-8-23-2/h9,11H,3-8,10H2,1-2H3/t11-/m1/s1. The van der Waals surface area contributed by atoms with Crippen LogP contribution in [-0.4, -0.2) is 47.4 Å². The normalized spacial score (nSPS) is 19.2. The van der Waals surface area contributed by atoms with E-state index in [0.29, 0.717) is 25.6 Å². The minimum Gasteiger partial charge on any atom is -0.385 e. The summed E-state index contributed by atoms with van der Waals surface area (Å²) in [5, 5.41) is 3.41. The van der Waals surface area contributed by atoms with Crippen molar-refractivity contribution in [3.63, 3.8) is 0 Å². The van der Waals surface area contributed by atoms with E-state index in [1.165, 1.54) is 7.05 Å². The van der Waals surface area contributed by atoms with Crippen LogP contribution in [0.4, 0.5) is 13.2 Å². The van der Waals surface area contributed by atoms with Gasteiger partial charge in [0.15, 0.2) is 5.69 Å². The molecule has 1 aliphatic rings. The van der Waals surface area contributed by atoms with Gasteiger partial charge in [0.25, 0.3) is 5.91 Å². The van der Waals surface area contributed by atoms with Crippen LogP contribution < -0.4 is 0 Å². The van der Waals surface area contributed by atoms with Gasteiger partial charge in [-0.05, 0) is 31.6 Å². The van der Waals surface area contributed by atoms with E-state index in [4.69, 9.17) is 4.74 Å². The summed E-state index contributed by atoms with van der Waals surface area (Å²) in [6, 6.07) is 0.830. The Morgan fingerprint density at radius 1 is 1.48 bits per heavy atom. The van der Waals surface area contributed by atoms with Gasteiger partial charge in [-0.1, -0.05) is 0 Å². The Hall–Kier alpha value is -1.57. The molecule has 1 saturated heterocycles. The van der Waals surface area contributed by atoms with Crippen molar-refractivity contribution in [1.29, 1.82) is 0 Å². The number of ether oxygens (including phenoxy) is 1. The summed E-state index contributed by atoms with van der Waals surface area (Å²) < 4.78 is 44.2. The molecule has 1 amide bonds. The molecule has 2 rings (SSSR count). The smallest absolute Gasteiger partial charge is 0.385 e. The van der Waals surface area contributed by atoms with E-state index >= 15 is 0 Å². The highest BCUT2D eigenvalue weighted by molar-refractivity contribution is 5.92. The second-order valence-electron chi connectivity index (χ2n) is 5.93. The minimum atomic E-state index is -4.54. The number of carbonyl (C=O) groups is 1. The molecule has 0 radical (unpaired) electrons. The number of halogens is 3. The lowest BCUT2D eigenvalue weighted by Gasteiger charge is -2.32. The van der Waals surface area contributed by atoms with Crippen molar-refractivity contribution in [3.05, 3.63) is 17.5 Å². The molecule has 1 aromatic heterocycles. The summed E-state index contributed by atoms with van der Waals surface area (Å²) in [6.07, 6.45) is -0.759. The molecule has 23 heavy (non-hydrogen) atoms. The topological polar surface area (TPSA) is 47.4 Å². The average molecular weight is 333 g/mol. The first-order valence-corrected chi connectivity index (χ1v) is 7.72. The number of rotatable bonds is 5. The summed E-state index contributed by atoms with van der Waals surface area (Å²) in [5.74, 6) is -0.00916. The second kappa shape index (κ2) is 7.33. The number of hydrogen-bond acceptors (Lipinski definition) is 3. The van der Waals surface area contributed by atoms with Gasteiger partial charge in [-0.3, -0.25) is 9.48 Å². The molecule has 130 valence electrons. The molecule has 2 heterocycles. The fourth-order valence-corrected chi connectivity index (χ4v) is 2.97. The Morgan fingerprint density at radius 3 is 2.83 bits per heavy atom. The molecule has 0 N–H and O–H groups in total. The molecule has 1 aromatic rings. The Bertz CT molecular complexity index is 543. The molecule has 5 nitrogen and oxygen atoms in total. The Morgan fingerprint density at radius 2 is 2.22 bits per heavy atom. The molecule has 1 fully saturated rings. The highest BCUT2D eigenvalue weighted by Crippen LogP contribution is 2.29. The monoisotopic (exact) mass is 333 g/mol. The number of methoxy groups -OCH3 is 1. The zero-order valence-electron chi connectivity index (χ0n) is 13.4. The lowest BCUT2D eigenvalue weighted by Crippen LogP contribution is -2.40. The van der Waals surface area contributed by atoms with Crippen molar-refractivity contribution >= 4 is 5.91 Å². The summed E-state index contributed by atoms with van der Waals surface area (Å²) in [4.78, 5) is 14.1. The van der Waals surface area contributed by atoms with Gasteiger partial charge in [0, 0.05) is 39.9 Å². The maximum Gasteiger partial charge on any atom is 0.435 e. The van der Waals surface area contributed by atoms with Gasteiger partial charge >= 0.3 is 6.18 Å². The molecule has 1 aliphatic heterocycles. The summed E-state index contributed by atoms with van der Waals surface area (Å²) in [6.45, 7) is 1.84. The third-order valence-electron chi connectivity index (χ3n) is 4.16.